The summed E-state index contributed by atoms with van der Waals surface area (Å²) in [4.78, 5) is 25.6. The fourth-order valence-electron chi connectivity index (χ4n) is 0.712. The number of nitrogens with zero attached hydrogens (tertiary/aromatic N) is 1. The highest BCUT2D eigenvalue weighted by Crippen LogP contribution is 2.13. The number of carboxylic acid groups (broad SMARTS) is 1. The lowest BCUT2D eigenvalue weighted by atomic mass is 10.5. The van der Waals surface area contributed by atoms with Gasteiger partial charge in [0.25, 0.3) is 0 Å². The number of carboxylic acids is 1. The number of carbonyl (C=O) groups excluding carboxylic acids is 1. The maximum absolute atomic E-state index is 11.3. The van der Waals surface area contributed by atoms with Gasteiger partial charge >= 0.3 is 5.97 Å². The highest BCUT2D eigenvalue weighted by molar-refractivity contribution is 8.01. The molecule has 0 aliphatic carbocycles. The molecule has 1 aromatic heterocycles. The Bertz CT molecular complexity index is 340. The van der Waals surface area contributed by atoms with E-state index in [1.165, 1.54) is 11.3 Å². The summed E-state index contributed by atoms with van der Waals surface area (Å²) in [7, 11) is 0. The number of hydrogen-bond acceptors (Lipinski definition) is 5. The molecular formula is C8H10N2O3S2. The van der Waals surface area contributed by atoms with Gasteiger partial charge in [-0.25, -0.2) is 4.98 Å². The van der Waals surface area contributed by atoms with Crippen molar-refractivity contribution < 1.29 is 14.7 Å². The Labute approximate surface area is 94.9 Å². The quantitative estimate of drug-likeness (QED) is 0.818. The molecule has 15 heavy (non-hydrogen) atoms. The van der Waals surface area contributed by atoms with Crippen molar-refractivity contribution in [1.82, 2.24) is 4.98 Å². The first kappa shape index (κ1) is 12.0. The standard InChI is InChI=1S/C8H10N2O3S2/c1-5(7(12)13)15-4-6(11)10-8-9-2-3-14-8/h2-3,5H,4H2,1H3,(H,12,13)(H,9,10,11). The molecule has 0 bridgehead atoms. The molecule has 0 saturated carbocycles. The minimum Gasteiger partial charge on any atom is -0.480 e. The zero-order chi connectivity index (χ0) is 11.3. The van der Waals surface area contributed by atoms with Gasteiger partial charge in [0.05, 0.1) is 11.0 Å². The summed E-state index contributed by atoms with van der Waals surface area (Å²) in [6.45, 7) is 1.55. The van der Waals surface area contributed by atoms with Crippen LogP contribution in [0.4, 0.5) is 5.13 Å². The SMILES string of the molecule is CC(SCC(=O)Nc1nccs1)C(=O)O. The van der Waals surface area contributed by atoms with Crippen molar-refractivity contribution in [2.75, 3.05) is 11.1 Å². The van der Waals surface area contributed by atoms with Crippen LogP contribution in [0, 0.1) is 0 Å². The molecule has 1 amide bonds. The normalized spacial score (nSPS) is 12.1. The molecule has 82 valence electrons. The summed E-state index contributed by atoms with van der Waals surface area (Å²) in [5, 5.41) is 12.9. The van der Waals surface area contributed by atoms with Crippen LogP contribution in [0.5, 0.6) is 0 Å². The number of anilines is 1. The van der Waals surface area contributed by atoms with E-state index in [0.29, 0.717) is 5.13 Å². The van der Waals surface area contributed by atoms with Crippen LogP contribution in [0.1, 0.15) is 6.92 Å². The number of nitrogens with one attached hydrogen (secondary N) is 1. The summed E-state index contributed by atoms with van der Waals surface area (Å²) >= 11 is 2.40. The van der Waals surface area contributed by atoms with E-state index in [4.69, 9.17) is 5.11 Å². The zero-order valence-corrected chi connectivity index (χ0v) is 9.60. The van der Waals surface area contributed by atoms with Gasteiger partial charge in [0, 0.05) is 11.6 Å². The Morgan fingerprint density at radius 3 is 3.00 bits per heavy atom. The van der Waals surface area contributed by atoms with Gasteiger partial charge < -0.3 is 10.4 Å². The fourth-order valence-corrected chi connectivity index (χ4v) is 1.87. The number of aliphatic carboxylic acids is 1. The van der Waals surface area contributed by atoms with Crippen LogP contribution < -0.4 is 5.32 Å². The summed E-state index contributed by atoms with van der Waals surface area (Å²) in [6.07, 6.45) is 1.59. The lowest BCUT2D eigenvalue weighted by Gasteiger charge is -2.05. The van der Waals surface area contributed by atoms with E-state index >= 15 is 0 Å². The van der Waals surface area contributed by atoms with Gasteiger partial charge in [-0.2, -0.15) is 0 Å². The second-order valence-electron chi connectivity index (χ2n) is 2.68. The largest absolute Gasteiger partial charge is 0.480 e. The molecule has 1 rings (SSSR count). The summed E-state index contributed by atoms with van der Waals surface area (Å²) in [6, 6.07) is 0. The van der Waals surface area contributed by atoms with E-state index in [-0.39, 0.29) is 11.7 Å². The molecule has 1 aromatic rings. The van der Waals surface area contributed by atoms with E-state index < -0.39 is 11.2 Å². The Balaban J connectivity index is 2.28. The van der Waals surface area contributed by atoms with Crippen molar-refractivity contribution in [1.29, 1.82) is 0 Å². The second-order valence-corrected chi connectivity index (χ2v) is 4.90. The monoisotopic (exact) mass is 246 g/mol. The highest BCUT2D eigenvalue weighted by Gasteiger charge is 2.13. The van der Waals surface area contributed by atoms with Gasteiger partial charge in [-0.3, -0.25) is 9.59 Å². The van der Waals surface area contributed by atoms with Crippen LogP contribution in [-0.2, 0) is 9.59 Å². The van der Waals surface area contributed by atoms with Gasteiger partial charge in [-0.1, -0.05) is 0 Å². The number of aromatic nitrogens is 1. The predicted molar refractivity (Wildman–Crippen MR) is 60.3 cm³/mol. The summed E-state index contributed by atoms with van der Waals surface area (Å²) in [5.74, 6) is -1.03. The zero-order valence-electron chi connectivity index (χ0n) is 7.97. The number of amides is 1. The molecule has 1 unspecified atom stereocenters. The minimum atomic E-state index is -0.915. The number of thioether (sulfide) groups is 1. The molecule has 7 heteroatoms. The lowest BCUT2D eigenvalue weighted by Crippen LogP contribution is -2.19. The first-order valence-electron chi connectivity index (χ1n) is 4.13. The molecule has 0 radical (unpaired) electrons. The molecule has 0 aliphatic heterocycles. The Hall–Kier alpha value is -1.08. The first-order chi connectivity index (χ1) is 7.09. The average Bonchev–Trinajstić information content (AvgIpc) is 2.66. The van der Waals surface area contributed by atoms with Crippen LogP contribution >= 0.6 is 23.1 Å². The molecule has 5 nitrogen and oxygen atoms in total. The molecule has 1 heterocycles. The molecule has 0 aromatic carbocycles. The van der Waals surface area contributed by atoms with Crippen LogP contribution in [0.15, 0.2) is 11.6 Å². The van der Waals surface area contributed by atoms with E-state index in [2.05, 4.69) is 10.3 Å². The van der Waals surface area contributed by atoms with Gasteiger partial charge in [-0.05, 0) is 6.92 Å². The Morgan fingerprint density at radius 1 is 1.73 bits per heavy atom. The minimum absolute atomic E-state index is 0.118. The molecular weight excluding hydrogens is 236 g/mol. The van der Waals surface area contributed by atoms with Crippen molar-refractivity contribution in [3.63, 3.8) is 0 Å². The lowest BCUT2D eigenvalue weighted by molar-refractivity contribution is -0.136. The average molecular weight is 246 g/mol. The van der Waals surface area contributed by atoms with Crippen molar-refractivity contribution in [3.05, 3.63) is 11.6 Å². The third-order valence-corrected chi connectivity index (χ3v) is 3.31. The molecule has 0 fully saturated rings. The number of thiazole rings is 1. The van der Waals surface area contributed by atoms with Gasteiger partial charge in [-0.15, -0.1) is 23.1 Å². The molecule has 1 atom stereocenters. The van der Waals surface area contributed by atoms with E-state index in [0.717, 1.165) is 11.8 Å². The summed E-state index contributed by atoms with van der Waals surface area (Å²) < 4.78 is 0. The molecule has 2 N–H and O–H groups in total. The van der Waals surface area contributed by atoms with Crippen LogP contribution in [0.3, 0.4) is 0 Å². The van der Waals surface area contributed by atoms with E-state index in [1.54, 1.807) is 18.5 Å². The van der Waals surface area contributed by atoms with Gasteiger partial charge in [0.2, 0.25) is 5.91 Å². The number of hydrogen-bond donors (Lipinski definition) is 2. The van der Waals surface area contributed by atoms with Crippen molar-refractivity contribution in [2.24, 2.45) is 0 Å². The second kappa shape index (κ2) is 5.72. The molecule has 0 aliphatic rings. The van der Waals surface area contributed by atoms with Crippen molar-refractivity contribution >= 4 is 40.1 Å². The Morgan fingerprint density at radius 2 is 2.47 bits per heavy atom. The van der Waals surface area contributed by atoms with Crippen LogP contribution in [0.2, 0.25) is 0 Å². The third kappa shape index (κ3) is 4.30. The molecule has 0 spiro atoms. The fraction of sp³-hybridized carbons (Fsp3) is 0.375. The first-order valence-corrected chi connectivity index (χ1v) is 6.06. The number of carbonyl (C=O) groups is 2. The topological polar surface area (TPSA) is 79.3 Å². The third-order valence-electron chi connectivity index (χ3n) is 1.49. The van der Waals surface area contributed by atoms with Crippen molar-refractivity contribution in [2.45, 2.75) is 12.2 Å². The molecule has 0 saturated heterocycles. The smallest absolute Gasteiger partial charge is 0.316 e. The van der Waals surface area contributed by atoms with Crippen molar-refractivity contribution in [3.8, 4) is 0 Å². The maximum atomic E-state index is 11.3. The highest BCUT2D eigenvalue weighted by atomic mass is 32.2. The van der Waals surface area contributed by atoms with Gasteiger partial charge in [0.1, 0.15) is 0 Å². The maximum Gasteiger partial charge on any atom is 0.316 e. The van der Waals surface area contributed by atoms with Crippen LogP contribution in [-0.4, -0.2) is 33.0 Å². The van der Waals surface area contributed by atoms with Gasteiger partial charge in [0.15, 0.2) is 5.13 Å². The van der Waals surface area contributed by atoms with E-state index in [1.807, 2.05) is 0 Å². The van der Waals surface area contributed by atoms with Crippen LogP contribution in [0.25, 0.3) is 0 Å². The van der Waals surface area contributed by atoms with E-state index in [9.17, 15) is 9.59 Å². The Kier molecular flexibility index (Phi) is 4.57. The number of rotatable bonds is 5. The summed E-state index contributed by atoms with van der Waals surface area (Å²) in [5.41, 5.74) is 0. The predicted octanol–water partition coefficient (Wildman–Crippen LogP) is 1.29.